The molecule has 0 amide bonds. The Kier molecular flexibility index (Phi) is 5.08. The Morgan fingerprint density at radius 1 is 1.53 bits per heavy atom. The number of ether oxygens (including phenoxy) is 1. The SMILES string of the molecule is CCOC(=O)C1(CC(O)CO)CCCCC1=O. The number of hydrogen-bond donors (Lipinski definition) is 2. The summed E-state index contributed by atoms with van der Waals surface area (Å²) in [5, 5.41) is 18.4. The molecule has 0 aromatic carbocycles. The Bertz CT molecular complexity index is 289. The van der Waals surface area contributed by atoms with Gasteiger partial charge in [0.25, 0.3) is 0 Å². The monoisotopic (exact) mass is 244 g/mol. The zero-order chi connectivity index (χ0) is 12.9. The summed E-state index contributed by atoms with van der Waals surface area (Å²) in [7, 11) is 0. The van der Waals surface area contributed by atoms with Crippen LogP contribution in [0.2, 0.25) is 0 Å². The molecule has 1 aliphatic carbocycles. The maximum Gasteiger partial charge on any atom is 0.319 e. The number of hydrogen-bond acceptors (Lipinski definition) is 5. The molecule has 2 atom stereocenters. The molecule has 0 saturated heterocycles. The van der Waals surface area contributed by atoms with Crippen molar-refractivity contribution in [2.45, 2.75) is 45.1 Å². The van der Waals surface area contributed by atoms with E-state index in [0.717, 1.165) is 12.8 Å². The minimum absolute atomic E-state index is 0.0405. The van der Waals surface area contributed by atoms with Crippen LogP contribution in [0.15, 0.2) is 0 Å². The Balaban J connectivity index is 2.89. The summed E-state index contributed by atoms with van der Waals surface area (Å²) in [6.45, 7) is 1.44. The average molecular weight is 244 g/mol. The maximum absolute atomic E-state index is 12.0. The number of aliphatic hydroxyl groups is 2. The largest absolute Gasteiger partial charge is 0.465 e. The summed E-state index contributed by atoms with van der Waals surface area (Å²) in [5.41, 5.74) is -1.24. The van der Waals surface area contributed by atoms with E-state index in [-0.39, 0.29) is 18.8 Å². The maximum atomic E-state index is 12.0. The van der Waals surface area contributed by atoms with Gasteiger partial charge in [-0.15, -0.1) is 0 Å². The molecule has 1 saturated carbocycles. The molecular weight excluding hydrogens is 224 g/mol. The van der Waals surface area contributed by atoms with Crippen molar-refractivity contribution in [3.63, 3.8) is 0 Å². The van der Waals surface area contributed by atoms with Crippen LogP contribution in [0, 0.1) is 5.41 Å². The first-order chi connectivity index (χ1) is 8.06. The molecule has 1 fully saturated rings. The number of Topliss-reactive ketones (excluding diaryl/α,β-unsaturated/α-hetero) is 1. The molecule has 5 nitrogen and oxygen atoms in total. The van der Waals surface area contributed by atoms with E-state index in [1.807, 2.05) is 0 Å². The number of carbonyl (C=O) groups is 2. The summed E-state index contributed by atoms with van der Waals surface area (Å²) < 4.78 is 4.95. The predicted octanol–water partition coefficient (Wildman–Crippen LogP) is 0.422. The van der Waals surface area contributed by atoms with Crippen LogP contribution in [0.25, 0.3) is 0 Å². The van der Waals surface area contributed by atoms with Crippen molar-refractivity contribution in [2.75, 3.05) is 13.2 Å². The second-order valence-electron chi connectivity index (χ2n) is 4.47. The highest BCUT2D eigenvalue weighted by molar-refractivity contribution is 6.04. The van der Waals surface area contributed by atoms with Crippen molar-refractivity contribution in [1.29, 1.82) is 0 Å². The summed E-state index contributed by atoms with van der Waals surface area (Å²) in [6, 6.07) is 0. The third kappa shape index (κ3) is 3.04. The lowest BCUT2D eigenvalue weighted by Gasteiger charge is -2.34. The fourth-order valence-corrected chi connectivity index (χ4v) is 2.34. The fourth-order valence-electron chi connectivity index (χ4n) is 2.34. The van der Waals surface area contributed by atoms with Gasteiger partial charge in [-0.2, -0.15) is 0 Å². The van der Waals surface area contributed by atoms with Crippen LogP contribution in [0.3, 0.4) is 0 Å². The van der Waals surface area contributed by atoms with Crippen molar-refractivity contribution in [2.24, 2.45) is 5.41 Å². The van der Waals surface area contributed by atoms with Gasteiger partial charge >= 0.3 is 5.97 Å². The molecule has 0 aliphatic heterocycles. The zero-order valence-electron chi connectivity index (χ0n) is 10.1. The van der Waals surface area contributed by atoms with Gasteiger partial charge in [-0.3, -0.25) is 9.59 Å². The Morgan fingerprint density at radius 2 is 2.24 bits per heavy atom. The predicted molar refractivity (Wildman–Crippen MR) is 60.3 cm³/mol. The lowest BCUT2D eigenvalue weighted by Crippen LogP contribution is -2.45. The first-order valence-electron chi connectivity index (χ1n) is 6.06. The van der Waals surface area contributed by atoms with E-state index in [1.165, 1.54) is 0 Å². The van der Waals surface area contributed by atoms with Crippen LogP contribution in [-0.2, 0) is 14.3 Å². The van der Waals surface area contributed by atoms with Gasteiger partial charge in [0.2, 0.25) is 0 Å². The van der Waals surface area contributed by atoms with Crippen molar-refractivity contribution < 1.29 is 24.5 Å². The summed E-state index contributed by atoms with van der Waals surface area (Å²) in [5.74, 6) is -0.730. The summed E-state index contributed by atoms with van der Waals surface area (Å²) >= 11 is 0. The van der Waals surface area contributed by atoms with Crippen molar-refractivity contribution in [3.05, 3.63) is 0 Å². The molecular formula is C12H20O5. The van der Waals surface area contributed by atoms with E-state index in [2.05, 4.69) is 0 Å². The van der Waals surface area contributed by atoms with E-state index in [1.54, 1.807) is 6.92 Å². The van der Waals surface area contributed by atoms with E-state index in [4.69, 9.17) is 9.84 Å². The quantitative estimate of drug-likeness (QED) is 0.541. The van der Waals surface area contributed by atoms with Crippen molar-refractivity contribution in [1.82, 2.24) is 0 Å². The minimum atomic E-state index is -1.24. The Labute approximate surface area is 101 Å². The van der Waals surface area contributed by atoms with Crippen LogP contribution in [-0.4, -0.2) is 41.3 Å². The van der Waals surface area contributed by atoms with Gasteiger partial charge in [0.15, 0.2) is 0 Å². The number of carbonyl (C=O) groups excluding carboxylic acids is 2. The molecule has 1 aliphatic rings. The molecule has 0 aromatic rings. The molecule has 0 heterocycles. The summed E-state index contributed by atoms with van der Waals surface area (Å²) in [6.07, 6.45) is 1.19. The summed E-state index contributed by atoms with van der Waals surface area (Å²) in [4.78, 5) is 23.9. The third-order valence-electron chi connectivity index (χ3n) is 3.25. The van der Waals surface area contributed by atoms with E-state index in [9.17, 15) is 14.7 Å². The molecule has 2 unspecified atom stereocenters. The Hall–Kier alpha value is -0.940. The first-order valence-corrected chi connectivity index (χ1v) is 6.06. The van der Waals surface area contributed by atoms with Gasteiger partial charge in [0.1, 0.15) is 11.2 Å². The average Bonchev–Trinajstić information content (AvgIpc) is 2.32. The van der Waals surface area contributed by atoms with Gasteiger partial charge in [0.05, 0.1) is 19.3 Å². The van der Waals surface area contributed by atoms with E-state index >= 15 is 0 Å². The zero-order valence-corrected chi connectivity index (χ0v) is 10.1. The molecule has 98 valence electrons. The standard InChI is InChI=1S/C12H20O5/c1-2-17-11(16)12(7-9(14)8-13)6-4-3-5-10(12)15/h9,13-14H,2-8H2,1H3. The number of aliphatic hydroxyl groups excluding tert-OH is 2. The number of esters is 1. The van der Waals surface area contributed by atoms with Gasteiger partial charge in [-0.1, -0.05) is 6.42 Å². The van der Waals surface area contributed by atoms with Gasteiger partial charge in [0, 0.05) is 6.42 Å². The third-order valence-corrected chi connectivity index (χ3v) is 3.25. The Morgan fingerprint density at radius 3 is 2.76 bits per heavy atom. The highest BCUT2D eigenvalue weighted by atomic mass is 16.5. The van der Waals surface area contributed by atoms with Crippen LogP contribution in [0.1, 0.15) is 39.0 Å². The highest BCUT2D eigenvalue weighted by Gasteiger charge is 2.48. The second kappa shape index (κ2) is 6.12. The second-order valence-corrected chi connectivity index (χ2v) is 4.47. The molecule has 0 radical (unpaired) electrons. The molecule has 0 bridgehead atoms. The number of rotatable bonds is 5. The van der Waals surface area contributed by atoms with Crippen LogP contribution in [0.5, 0.6) is 0 Å². The smallest absolute Gasteiger partial charge is 0.319 e. The fraction of sp³-hybridized carbons (Fsp3) is 0.833. The normalized spacial score (nSPS) is 26.6. The molecule has 2 N–H and O–H groups in total. The lowest BCUT2D eigenvalue weighted by molar-refractivity contribution is -0.165. The molecule has 0 spiro atoms. The van der Waals surface area contributed by atoms with E-state index in [0.29, 0.717) is 12.8 Å². The van der Waals surface area contributed by atoms with Crippen molar-refractivity contribution >= 4 is 11.8 Å². The lowest BCUT2D eigenvalue weighted by atomic mass is 9.69. The minimum Gasteiger partial charge on any atom is -0.465 e. The van der Waals surface area contributed by atoms with Crippen LogP contribution < -0.4 is 0 Å². The van der Waals surface area contributed by atoms with Gasteiger partial charge in [-0.05, 0) is 26.2 Å². The van der Waals surface area contributed by atoms with E-state index < -0.39 is 24.1 Å². The van der Waals surface area contributed by atoms with Gasteiger partial charge in [-0.25, -0.2) is 0 Å². The molecule has 0 aromatic heterocycles. The topological polar surface area (TPSA) is 83.8 Å². The van der Waals surface area contributed by atoms with Crippen molar-refractivity contribution in [3.8, 4) is 0 Å². The highest BCUT2D eigenvalue weighted by Crippen LogP contribution is 2.38. The van der Waals surface area contributed by atoms with Crippen LogP contribution >= 0.6 is 0 Å². The molecule has 5 heteroatoms. The van der Waals surface area contributed by atoms with Gasteiger partial charge < -0.3 is 14.9 Å². The first kappa shape index (κ1) is 14.1. The molecule has 1 rings (SSSR count). The number of ketones is 1. The van der Waals surface area contributed by atoms with Crippen LogP contribution in [0.4, 0.5) is 0 Å². The molecule has 17 heavy (non-hydrogen) atoms.